The second kappa shape index (κ2) is 8.53. The quantitative estimate of drug-likeness (QED) is 0.869. The zero-order valence-electron chi connectivity index (χ0n) is 11.9. The Morgan fingerprint density at radius 3 is 2.50 bits per heavy atom. The highest BCUT2D eigenvalue weighted by Crippen LogP contribution is 2.22. The van der Waals surface area contributed by atoms with Crippen molar-refractivity contribution in [2.24, 2.45) is 5.73 Å². The predicted octanol–water partition coefficient (Wildman–Crippen LogP) is 3.01. The molecule has 0 fully saturated rings. The zero-order valence-corrected chi connectivity index (χ0v) is 11.9. The molecule has 1 aromatic rings. The first-order chi connectivity index (χ1) is 8.58. The number of aryl methyl sites for hydroxylation is 1. The topological polar surface area (TPSA) is 64.3 Å². The van der Waals surface area contributed by atoms with Crippen LogP contribution in [0.4, 0.5) is 4.79 Å². The number of nitrogens with one attached hydrogen (secondary N) is 1. The number of amides is 1. The van der Waals surface area contributed by atoms with Gasteiger partial charge in [0.2, 0.25) is 0 Å². The summed E-state index contributed by atoms with van der Waals surface area (Å²) in [7, 11) is 1.52. The van der Waals surface area contributed by atoms with Gasteiger partial charge in [-0.15, -0.1) is 0 Å². The van der Waals surface area contributed by atoms with Gasteiger partial charge in [0, 0.05) is 13.1 Å². The van der Waals surface area contributed by atoms with Crippen molar-refractivity contribution in [1.82, 2.24) is 5.32 Å². The number of ether oxygens (including phenoxy) is 1. The summed E-state index contributed by atoms with van der Waals surface area (Å²) in [6.45, 7) is 7.98. The Morgan fingerprint density at radius 1 is 1.44 bits per heavy atom. The van der Waals surface area contributed by atoms with E-state index in [1.165, 1.54) is 12.6 Å². The molecular weight excluding hydrogens is 228 g/mol. The Hall–Kier alpha value is -1.55. The van der Waals surface area contributed by atoms with Crippen LogP contribution in [-0.4, -0.2) is 13.1 Å². The van der Waals surface area contributed by atoms with Gasteiger partial charge in [0.05, 0.1) is 0 Å². The highest BCUT2D eigenvalue weighted by molar-refractivity contribution is 5.70. The SMILES string of the molecule is CC.CCc1ccc(OC(=O)NC)cc1[C@@H](C)N. The van der Waals surface area contributed by atoms with Gasteiger partial charge in [-0.1, -0.05) is 26.8 Å². The fourth-order valence-corrected chi connectivity index (χ4v) is 1.54. The van der Waals surface area contributed by atoms with Crippen LogP contribution in [0, 0.1) is 0 Å². The van der Waals surface area contributed by atoms with Crippen LogP contribution in [0.25, 0.3) is 0 Å². The van der Waals surface area contributed by atoms with E-state index >= 15 is 0 Å². The van der Waals surface area contributed by atoms with Gasteiger partial charge < -0.3 is 15.8 Å². The van der Waals surface area contributed by atoms with Gasteiger partial charge in [0.15, 0.2) is 0 Å². The lowest BCUT2D eigenvalue weighted by Gasteiger charge is -2.13. The van der Waals surface area contributed by atoms with Crippen molar-refractivity contribution in [2.45, 2.75) is 40.2 Å². The molecule has 102 valence electrons. The van der Waals surface area contributed by atoms with Crippen molar-refractivity contribution in [1.29, 1.82) is 0 Å². The Labute approximate surface area is 110 Å². The molecule has 4 heteroatoms. The van der Waals surface area contributed by atoms with Crippen molar-refractivity contribution in [3.63, 3.8) is 0 Å². The van der Waals surface area contributed by atoms with E-state index in [2.05, 4.69) is 12.2 Å². The molecule has 18 heavy (non-hydrogen) atoms. The van der Waals surface area contributed by atoms with Crippen molar-refractivity contribution in [3.8, 4) is 5.75 Å². The average molecular weight is 252 g/mol. The first-order valence-electron chi connectivity index (χ1n) is 6.36. The first-order valence-corrected chi connectivity index (χ1v) is 6.36. The summed E-state index contributed by atoms with van der Waals surface area (Å²) >= 11 is 0. The van der Waals surface area contributed by atoms with Gasteiger partial charge in [-0.25, -0.2) is 4.79 Å². The van der Waals surface area contributed by atoms with E-state index in [0.717, 1.165) is 12.0 Å². The molecule has 0 aromatic heterocycles. The summed E-state index contributed by atoms with van der Waals surface area (Å²) in [6.07, 6.45) is 0.441. The van der Waals surface area contributed by atoms with Crippen LogP contribution >= 0.6 is 0 Å². The van der Waals surface area contributed by atoms with Crippen molar-refractivity contribution in [3.05, 3.63) is 29.3 Å². The van der Waals surface area contributed by atoms with Gasteiger partial charge in [-0.3, -0.25) is 0 Å². The highest BCUT2D eigenvalue weighted by Gasteiger charge is 2.09. The van der Waals surface area contributed by atoms with Gasteiger partial charge in [0.1, 0.15) is 5.75 Å². The number of hydrogen-bond acceptors (Lipinski definition) is 3. The van der Waals surface area contributed by atoms with Crippen LogP contribution in [0.15, 0.2) is 18.2 Å². The van der Waals surface area contributed by atoms with Crippen LogP contribution in [0.3, 0.4) is 0 Å². The number of carbonyl (C=O) groups excluding carboxylic acids is 1. The molecule has 3 N–H and O–H groups in total. The second-order valence-corrected chi connectivity index (χ2v) is 3.64. The lowest BCUT2D eigenvalue weighted by atomic mass is 10.00. The monoisotopic (exact) mass is 252 g/mol. The summed E-state index contributed by atoms with van der Waals surface area (Å²) in [4.78, 5) is 11.1. The third kappa shape index (κ3) is 4.75. The molecule has 0 saturated heterocycles. The number of benzene rings is 1. The van der Waals surface area contributed by atoms with Crippen molar-refractivity contribution < 1.29 is 9.53 Å². The Morgan fingerprint density at radius 2 is 2.06 bits per heavy atom. The number of hydrogen-bond donors (Lipinski definition) is 2. The maximum absolute atomic E-state index is 11.1. The average Bonchev–Trinajstić information content (AvgIpc) is 2.40. The third-order valence-electron chi connectivity index (χ3n) is 2.40. The molecule has 1 atom stereocenters. The molecule has 0 aliphatic rings. The molecule has 4 nitrogen and oxygen atoms in total. The first kappa shape index (κ1) is 16.4. The van der Waals surface area contributed by atoms with Crippen LogP contribution in [0.1, 0.15) is 44.9 Å². The molecule has 0 unspecified atom stereocenters. The maximum atomic E-state index is 11.1. The van der Waals surface area contributed by atoms with E-state index in [1.54, 1.807) is 6.07 Å². The molecule has 0 heterocycles. The minimum absolute atomic E-state index is 0.0665. The molecule has 0 aliphatic heterocycles. The van der Waals surface area contributed by atoms with E-state index in [4.69, 9.17) is 10.5 Å². The number of rotatable bonds is 3. The van der Waals surface area contributed by atoms with Crippen LogP contribution in [-0.2, 0) is 6.42 Å². The van der Waals surface area contributed by atoms with E-state index < -0.39 is 6.09 Å². The standard InChI is InChI=1S/C12H18N2O2.C2H6/c1-4-9-5-6-10(16-12(15)14-3)7-11(9)8(2)13;1-2/h5-8H,4,13H2,1-3H3,(H,14,15);1-2H3/t8-;/m1./s1. The van der Waals surface area contributed by atoms with E-state index in [0.29, 0.717) is 5.75 Å². The third-order valence-corrected chi connectivity index (χ3v) is 2.40. The van der Waals surface area contributed by atoms with Gasteiger partial charge >= 0.3 is 6.09 Å². The summed E-state index contributed by atoms with van der Waals surface area (Å²) in [5.41, 5.74) is 8.06. The summed E-state index contributed by atoms with van der Waals surface area (Å²) < 4.78 is 5.05. The second-order valence-electron chi connectivity index (χ2n) is 3.64. The lowest BCUT2D eigenvalue weighted by molar-refractivity contribution is 0.203. The predicted molar refractivity (Wildman–Crippen MR) is 74.9 cm³/mol. The maximum Gasteiger partial charge on any atom is 0.412 e. The highest BCUT2D eigenvalue weighted by atomic mass is 16.5. The zero-order chi connectivity index (χ0) is 14.1. The van der Waals surface area contributed by atoms with Crippen LogP contribution in [0.5, 0.6) is 5.75 Å². The lowest BCUT2D eigenvalue weighted by Crippen LogP contribution is -2.22. The van der Waals surface area contributed by atoms with Crippen LogP contribution < -0.4 is 15.8 Å². The minimum Gasteiger partial charge on any atom is -0.410 e. The molecule has 0 spiro atoms. The fourth-order valence-electron chi connectivity index (χ4n) is 1.54. The molecule has 1 aromatic carbocycles. The van der Waals surface area contributed by atoms with Crippen molar-refractivity contribution in [2.75, 3.05) is 7.05 Å². The molecule has 1 amide bonds. The van der Waals surface area contributed by atoms with Gasteiger partial charge in [-0.05, 0) is 36.6 Å². The van der Waals surface area contributed by atoms with Gasteiger partial charge in [-0.2, -0.15) is 0 Å². The summed E-state index contributed by atoms with van der Waals surface area (Å²) in [6, 6.07) is 5.47. The molecule has 0 bridgehead atoms. The minimum atomic E-state index is -0.472. The number of carbonyl (C=O) groups is 1. The summed E-state index contributed by atoms with van der Waals surface area (Å²) in [5.74, 6) is 0.517. The van der Waals surface area contributed by atoms with Gasteiger partial charge in [0.25, 0.3) is 0 Å². The molecule has 1 rings (SSSR count). The normalized spacial score (nSPS) is 11.0. The van der Waals surface area contributed by atoms with Crippen LogP contribution in [0.2, 0.25) is 0 Å². The Balaban J connectivity index is 0.00000137. The Kier molecular flexibility index (Phi) is 7.79. The van der Waals surface area contributed by atoms with E-state index in [9.17, 15) is 4.79 Å². The summed E-state index contributed by atoms with van der Waals surface area (Å²) in [5, 5.41) is 2.40. The molecule has 0 aliphatic carbocycles. The fraction of sp³-hybridized carbons (Fsp3) is 0.500. The number of nitrogens with two attached hydrogens (primary N) is 1. The molecule has 0 radical (unpaired) electrons. The molecule has 0 saturated carbocycles. The molecular formula is C14H24N2O2. The van der Waals surface area contributed by atoms with Crippen molar-refractivity contribution >= 4 is 6.09 Å². The Bertz CT molecular complexity index is 376. The van der Waals surface area contributed by atoms with E-state index in [-0.39, 0.29) is 6.04 Å². The smallest absolute Gasteiger partial charge is 0.410 e. The van der Waals surface area contributed by atoms with E-state index in [1.807, 2.05) is 32.9 Å². The largest absolute Gasteiger partial charge is 0.412 e.